The molecule has 0 aromatic heterocycles. The fraction of sp³-hybridized carbons (Fsp3) is 1.00. The number of methoxy groups -OCH3 is 1. The van der Waals surface area contributed by atoms with Gasteiger partial charge in [-0.25, -0.2) is 0 Å². The third kappa shape index (κ3) is 12.7. The highest BCUT2D eigenvalue weighted by molar-refractivity contribution is 5.15. The van der Waals surface area contributed by atoms with Crippen LogP contribution < -0.4 is 0 Å². The second kappa shape index (κ2) is 27.7. The van der Waals surface area contributed by atoms with E-state index >= 15 is 0 Å². The van der Waals surface area contributed by atoms with E-state index in [4.69, 9.17) is 56.8 Å². The Morgan fingerprint density at radius 2 is 0.977 bits per heavy atom. The topological polar surface area (TPSA) is 455 Å². The molecule has 29 heteroatoms. The lowest BCUT2D eigenvalue weighted by Crippen LogP contribution is -2.67. The summed E-state index contributed by atoms with van der Waals surface area (Å²) >= 11 is 0. The maximum absolute atomic E-state index is 11.6. The SMILES string of the molecule is CO[C@]1(CC[C@@H](C)CO[C@@H]2O[C@H](CO[C@@H]3O[C@H](CO)[C@@H](O)[C@H](O)[C@H]3O)[C@@H](O)[C@H](O)[C@H]2O)O[C@H]2C[C@H]3[C@@H]4CC[C@@H]5C[C@@H](O[C@@H]6O[C@H](CO)[C@H](O[C@@H]7O[C@H](CO)[C@@H](O)[C@H](O)[C@H]7O[C@@H]7O[C@H](CO)[C@@H](O)[C@H](O)[C@H]7O)[C@H](O)[C@H]6O)CC[C@]5(C)[C@H]4CC[C@]3(C)[C@H]2[C@@H]1C. The minimum Gasteiger partial charge on any atom is -0.394 e. The zero-order valence-electron chi connectivity index (χ0n) is 49.9. The Bertz CT molecular complexity index is 2210. The highest BCUT2D eigenvalue weighted by Crippen LogP contribution is 2.71. The summed E-state index contributed by atoms with van der Waals surface area (Å²) in [7, 11) is 1.69. The first-order valence-corrected chi connectivity index (χ1v) is 31.3. The van der Waals surface area contributed by atoms with Crippen molar-refractivity contribution >= 4 is 0 Å². The number of ether oxygens (including phenoxy) is 12. The quantitative estimate of drug-likeness (QED) is 0.0506. The van der Waals surface area contributed by atoms with Crippen LogP contribution in [-0.2, 0) is 56.8 Å². The Labute approximate surface area is 504 Å². The minimum atomic E-state index is -1.93. The molecule has 504 valence electrons. The lowest BCUT2D eigenvalue weighted by atomic mass is 9.44. The van der Waals surface area contributed by atoms with Crippen LogP contribution in [0, 0.1) is 52.3 Å². The molecule has 6 aliphatic heterocycles. The monoisotopic (exact) mass is 1260 g/mol. The fourth-order valence-electron chi connectivity index (χ4n) is 17.3. The Hall–Kier alpha value is -1.16. The van der Waals surface area contributed by atoms with Gasteiger partial charge < -0.3 is 144 Å². The van der Waals surface area contributed by atoms with E-state index in [1.54, 1.807) is 7.11 Å². The molecule has 10 aliphatic rings. The van der Waals surface area contributed by atoms with Crippen molar-refractivity contribution in [3.05, 3.63) is 0 Å². The molecule has 0 unspecified atom stereocenters. The van der Waals surface area contributed by atoms with Gasteiger partial charge in [-0.3, -0.25) is 0 Å². The third-order valence-electron chi connectivity index (χ3n) is 22.5. The van der Waals surface area contributed by atoms with Gasteiger partial charge in [0.05, 0.1) is 51.8 Å². The van der Waals surface area contributed by atoms with Crippen molar-refractivity contribution in [1.82, 2.24) is 0 Å². The summed E-state index contributed by atoms with van der Waals surface area (Å²) in [6.45, 7) is 5.68. The summed E-state index contributed by atoms with van der Waals surface area (Å²) in [4.78, 5) is 0. The summed E-state index contributed by atoms with van der Waals surface area (Å²) in [5, 5.41) is 179. The number of hydrogen-bond acceptors (Lipinski definition) is 29. The van der Waals surface area contributed by atoms with Crippen LogP contribution in [0.1, 0.15) is 91.9 Å². The fourth-order valence-corrected chi connectivity index (χ4v) is 17.3. The molecule has 0 amide bonds. The van der Waals surface area contributed by atoms with E-state index in [1.807, 2.05) is 6.92 Å². The zero-order chi connectivity index (χ0) is 62.9. The molecular formula is C58H98O29. The summed E-state index contributed by atoms with van der Waals surface area (Å²) in [6, 6.07) is 0. The number of aliphatic hydroxyl groups is 17. The molecule has 6 saturated heterocycles. The number of rotatable bonds is 20. The smallest absolute Gasteiger partial charge is 0.187 e. The molecule has 10 rings (SSSR count). The Morgan fingerprint density at radius 3 is 1.60 bits per heavy atom. The predicted octanol–water partition coefficient (Wildman–Crippen LogP) is -5.48. The average molecular weight is 1260 g/mol. The van der Waals surface area contributed by atoms with E-state index in [2.05, 4.69) is 20.8 Å². The predicted molar refractivity (Wildman–Crippen MR) is 289 cm³/mol. The van der Waals surface area contributed by atoms with Crippen molar-refractivity contribution in [2.24, 2.45) is 52.3 Å². The summed E-state index contributed by atoms with van der Waals surface area (Å²) in [6.07, 6.45) is -32.6. The molecule has 17 N–H and O–H groups in total. The molecular weight excluding hydrogens is 1160 g/mol. The summed E-state index contributed by atoms with van der Waals surface area (Å²) in [5.74, 6) is 0.980. The van der Waals surface area contributed by atoms with Crippen LogP contribution in [-0.4, -0.2) is 305 Å². The summed E-state index contributed by atoms with van der Waals surface area (Å²) in [5.41, 5.74) is -0.00518. The molecule has 0 aromatic carbocycles. The molecule has 29 nitrogen and oxygen atoms in total. The van der Waals surface area contributed by atoms with Crippen molar-refractivity contribution < 1.29 is 144 Å². The van der Waals surface area contributed by atoms with Gasteiger partial charge in [0, 0.05) is 19.4 Å². The van der Waals surface area contributed by atoms with E-state index in [0.29, 0.717) is 43.4 Å². The van der Waals surface area contributed by atoms with Crippen molar-refractivity contribution in [2.45, 2.75) is 263 Å². The van der Waals surface area contributed by atoms with Gasteiger partial charge in [-0.2, -0.15) is 0 Å². The normalized spacial score (nSPS) is 54.8. The van der Waals surface area contributed by atoms with E-state index < -0.39 is 192 Å². The van der Waals surface area contributed by atoms with Crippen LogP contribution in [0.25, 0.3) is 0 Å². The van der Waals surface area contributed by atoms with Crippen molar-refractivity contribution in [3.8, 4) is 0 Å². The van der Waals surface area contributed by atoms with Crippen LogP contribution >= 0.6 is 0 Å². The Kier molecular flexibility index (Phi) is 21.8. The third-order valence-corrected chi connectivity index (χ3v) is 22.5. The average Bonchev–Trinajstić information content (AvgIpc) is 1.76. The van der Waals surface area contributed by atoms with Gasteiger partial charge in [0.1, 0.15) is 122 Å². The molecule has 10 fully saturated rings. The second-order valence-electron chi connectivity index (χ2n) is 27.3. The Morgan fingerprint density at radius 1 is 0.483 bits per heavy atom. The van der Waals surface area contributed by atoms with Crippen LogP contribution in [0.2, 0.25) is 0 Å². The van der Waals surface area contributed by atoms with Gasteiger partial charge in [-0.05, 0) is 104 Å². The number of hydrogen-bond donors (Lipinski definition) is 17. The first-order valence-electron chi connectivity index (χ1n) is 31.3. The second-order valence-corrected chi connectivity index (χ2v) is 27.3. The van der Waals surface area contributed by atoms with Gasteiger partial charge in [0.2, 0.25) is 0 Å². The molecule has 4 aliphatic carbocycles. The zero-order valence-corrected chi connectivity index (χ0v) is 49.9. The maximum atomic E-state index is 11.6. The molecule has 0 bridgehead atoms. The number of aliphatic hydroxyl groups excluding tert-OH is 17. The molecule has 0 radical (unpaired) electrons. The van der Waals surface area contributed by atoms with Gasteiger partial charge in [-0.1, -0.05) is 27.7 Å². The van der Waals surface area contributed by atoms with Gasteiger partial charge >= 0.3 is 0 Å². The molecule has 0 spiro atoms. The van der Waals surface area contributed by atoms with Crippen LogP contribution in [0.4, 0.5) is 0 Å². The molecule has 0 aromatic rings. The van der Waals surface area contributed by atoms with Crippen LogP contribution in [0.5, 0.6) is 0 Å². The Balaban J connectivity index is 0.711. The largest absolute Gasteiger partial charge is 0.394 e. The lowest BCUT2D eigenvalue weighted by molar-refractivity contribution is -0.390. The maximum Gasteiger partial charge on any atom is 0.187 e. The van der Waals surface area contributed by atoms with E-state index in [9.17, 15) is 86.8 Å². The van der Waals surface area contributed by atoms with Gasteiger partial charge in [0.25, 0.3) is 0 Å². The first kappa shape index (κ1) is 68.7. The summed E-state index contributed by atoms with van der Waals surface area (Å²) < 4.78 is 71.9. The van der Waals surface area contributed by atoms with Gasteiger partial charge in [0.15, 0.2) is 37.2 Å². The van der Waals surface area contributed by atoms with E-state index in [0.717, 1.165) is 38.5 Å². The molecule has 4 saturated carbocycles. The van der Waals surface area contributed by atoms with Crippen molar-refractivity contribution in [1.29, 1.82) is 0 Å². The van der Waals surface area contributed by atoms with Crippen LogP contribution in [0.15, 0.2) is 0 Å². The lowest BCUT2D eigenvalue weighted by Gasteiger charge is -2.61. The van der Waals surface area contributed by atoms with Crippen molar-refractivity contribution in [2.75, 3.05) is 46.8 Å². The van der Waals surface area contributed by atoms with E-state index in [1.165, 1.54) is 0 Å². The first-order chi connectivity index (χ1) is 41.3. The van der Waals surface area contributed by atoms with E-state index in [-0.39, 0.29) is 53.3 Å². The highest BCUT2D eigenvalue weighted by Gasteiger charge is 2.69. The molecule has 37 atom stereocenters. The van der Waals surface area contributed by atoms with Gasteiger partial charge in [-0.15, -0.1) is 0 Å². The molecule has 87 heavy (non-hydrogen) atoms. The number of fused-ring (bicyclic) bond motifs is 7. The standard InChI is InChI=1S/C58H98O29/c1-22(20-77-51-46(73)42(69)39(66)34(84-51)21-78-52-45(72)40(67)36(63)30(16-59)80-52)8-13-58(76-5)23(2)35-29(87-58)15-28-26-7-6-24-14-25(9-11-56(24,3)27(26)10-12-57(28,35)4)79-53-48(75)44(71)49(33(19-62)83-53)85-55-50(43(70)38(65)32(18-61)82-55)86-54-47(74)41(68)37(64)31(17-60)81-54/h22-55,59-75H,6-21H2,1-5H3/t22-,23+,24-,25+,26-,27+,28+,29+,30-,31-,32-,33-,34-,35+,36-,37-,38-,39-,40+,41+,42+,43+,44-,45-,46-,47-,48-,49+,50-,51-,52-,53-,54+,55+,56+,57+,58-/m1/s1. The minimum absolute atomic E-state index is 0.000961. The van der Waals surface area contributed by atoms with Crippen molar-refractivity contribution in [3.63, 3.8) is 0 Å². The molecule has 6 heterocycles. The van der Waals surface area contributed by atoms with Crippen LogP contribution in [0.3, 0.4) is 0 Å². The highest BCUT2D eigenvalue weighted by atomic mass is 16.8.